The SMILES string of the molecule is CC(C)(C)[n+]1ccc(-c2ccc(F)cc2)o1. The van der Waals surface area contributed by atoms with Gasteiger partial charge in [0, 0.05) is 26.3 Å². The van der Waals surface area contributed by atoms with Crippen LogP contribution in [0.5, 0.6) is 0 Å². The Morgan fingerprint density at radius 3 is 2.19 bits per heavy atom. The van der Waals surface area contributed by atoms with Gasteiger partial charge in [-0.1, -0.05) is 0 Å². The fourth-order valence-electron chi connectivity index (χ4n) is 1.43. The van der Waals surface area contributed by atoms with E-state index in [9.17, 15) is 4.39 Å². The smallest absolute Gasteiger partial charge is 0.221 e. The zero-order valence-electron chi connectivity index (χ0n) is 9.70. The molecular formula is C13H15FNO+. The van der Waals surface area contributed by atoms with E-state index in [1.807, 2.05) is 12.3 Å². The van der Waals surface area contributed by atoms with Crippen LogP contribution >= 0.6 is 0 Å². The number of nitrogens with zero attached hydrogens (tertiary/aromatic N) is 1. The fourth-order valence-corrected chi connectivity index (χ4v) is 1.43. The van der Waals surface area contributed by atoms with Crippen molar-refractivity contribution in [3.05, 3.63) is 42.3 Å². The maximum atomic E-state index is 12.8. The summed E-state index contributed by atoms with van der Waals surface area (Å²) in [5.74, 6) is 0.508. The van der Waals surface area contributed by atoms with Gasteiger partial charge in [-0.25, -0.2) is 8.91 Å². The topological polar surface area (TPSA) is 17.0 Å². The van der Waals surface area contributed by atoms with Crippen molar-refractivity contribution in [1.82, 2.24) is 0 Å². The van der Waals surface area contributed by atoms with E-state index in [0.717, 1.165) is 11.3 Å². The molecule has 16 heavy (non-hydrogen) atoms. The van der Waals surface area contributed by atoms with Crippen LogP contribution in [0.1, 0.15) is 20.8 Å². The lowest BCUT2D eigenvalue weighted by Gasteiger charge is -2.05. The maximum Gasteiger partial charge on any atom is 0.221 e. The summed E-state index contributed by atoms with van der Waals surface area (Å²) < 4.78 is 20.2. The lowest BCUT2D eigenvalue weighted by Crippen LogP contribution is -2.48. The first-order valence-electron chi connectivity index (χ1n) is 5.25. The molecule has 2 rings (SSSR count). The molecule has 0 aliphatic heterocycles. The first kappa shape index (κ1) is 10.9. The Labute approximate surface area is 94.3 Å². The molecule has 84 valence electrons. The molecule has 2 aromatic rings. The fraction of sp³-hybridized carbons (Fsp3) is 0.308. The molecule has 1 aromatic heterocycles. The molecule has 0 saturated heterocycles. The van der Waals surface area contributed by atoms with Gasteiger partial charge in [0.2, 0.25) is 17.5 Å². The summed E-state index contributed by atoms with van der Waals surface area (Å²) in [7, 11) is 0. The van der Waals surface area contributed by atoms with Crippen LogP contribution in [0.3, 0.4) is 0 Å². The van der Waals surface area contributed by atoms with Crippen molar-refractivity contribution in [3.63, 3.8) is 0 Å². The molecule has 2 nitrogen and oxygen atoms in total. The van der Waals surface area contributed by atoms with Crippen LogP contribution in [0.4, 0.5) is 4.39 Å². The number of benzene rings is 1. The molecule has 0 spiro atoms. The summed E-state index contributed by atoms with van der Waals surface area (Å²) in [6.07, 6.45) is 1.89. The van der Waals surface area contributed by atoms with Gasteiger partial charge in [0.05, 0.1) is 6.07 Å². The summed E-state index contributed by atoms with van der Waals surface area (Å²) in [6, 6.07) is 8.17. The molecular weight excluding hydrogens is 205 g/mol. The number of hydrogen-bond acceptors (Lipinski definition) is 1. The second-order valence-corrected chi connectivity index (χ2v) is 4.77. The largest absolute Gasteiger partial charge is 0.236 e. The number of hydrogen-bond donors (Lipinski definition) is 0. The third kappa shape index (κ3) is 2.13. The zero-order valence-corrected chi connectivity index (χ0v) is 9.70. The van der Waals surface area contributed by atoms with E-state index in [-0.39, 0.29) is 11.4 Å². The van der Waals surface area contributed by atoms with E-state index >= 15 is 0 Å². The normalized spacial score (nSPS) is 11.8. The Hall–Kier alpha value is -1.64. The number of rotatable bonds is 1. The van der Waals surface area contributed by atoms with Gasteiger partial charge in [-0.2, -0.15) is 0 Å². The highest BCUT2D eigenvalue weighted by Gasteiger charge is 2.26. The molecule has 0 fully saturated rings. The molecule has 0 aliphatic carbocycles. The van der Waals surface area contributed by atoms with E-state index in [1.54, 1.807) is 16.9 Å². The van der Waals surface area contributed by atoms with Gasteiger partial charge in [0.25, 0.3) is 0 Å². The average molecular weight is 220 g/mol. The van der Waals surface area contributed by atoms with Crippen molar-refractivity contribution in [2.24, 2.45) is 0 Å². The van der Waals surface area contributed by atoms with Crippen molar-refractivity contribution in [1.29, 1.82) is 0 Å². The monoisotopic (exact) mass is 220 g/mol. The van der Waals surface area contributed by atoms with E-state index in [1.165, 1.54) is 12.1 Å². The van der Waals surface area contributed by atoms with Gasteiger partial charge in [-0.3, -0.25) is 0 Å². The predicted molar refractivity (Wildman–Crippen MR) is 59.3 cm³/mol. The first-order chi connectivity index (χ1) is 7.47. The van der Waals surface area contributed by atoms with Gasteiger partial charge in [-0.05, 0) is 29.0 Å². The average Bonchev–Trinajstić information content (AvgIpc) is 2.67. The van der Waals surface area contributed by atoms with Gasteiger partial charge < -0.3 is 0 Å². The Morgan fingerprint density at radius 1 is 1.06 bits per heavy atom. The van der Waals surface area contributed by atoms with Crippen LogP contribution in [-0.4, -0.2) is 0 Å². The molecule has 0 radical (unpaired) electrons. The predicted octanol–water partition coefficient (Wildman–Crippen LogP) is 3.13. The van der Waals surface area contributed by atoms with Crippen LogP contribution in [0.25, 0.3) is 11.3 Å². The summed E-state index contributed by atoms with van der Waals surface area (Å²) in [4.78, 5) is 0. The van der Waals surface area contributed by atoms with Crippen molar-refractivity contribution in [2.45, 2.75) is 26.3 Å². The Bertz CT molecular complexity index is 479. The van der Waals surface area contributed by atoms with Crippen LogP contribution in [0.15, 0.2) is 41.1 Å². The molecule has 0 aliphatic rings. The number of halogens is 1. The Balaban J connectivity index is 2.35. The van der Waals surface area contributed by atoms with E-state index in [0.29, 0.717) is 0 Å². The zero-order chi connectivity index (χ0) is 11.8. The summed E-state index contributed by atoms with van der Waals surface area (Å²) in [5, 5.41) is 0. The maximum absolute atomic E-state index is 12.8. The van der Waals surface area contributed by atoms with Crippen LogP contribution in [0.2, 0.25) is 0 Å². The van der Waals surface area contributed by atoms with Gasteiger partial charge in [-0.15, -0.1) is 0 Å². The molecule has 3 heteroatoms. The minimum Gasteiger partial charge on any atom is -0.236 e. The van der Waals surface area contributed by atoms with Crippen LogP contribution < -0.4 is 4.74 Å². The van der Waals surface area contributed by atoms with Crippen molar-refractivity contribution < 1.29 is 13.7 Å². The molecule has 0 amide bonds. The summed E-state index contributed by atoms with van der Waals surface area (Å²) in [6.45, 7) is 6.18. The van der Waals surface area contributed by atoms with Gasteiger partial charge >= 0.3 is 0 Å². The minimum absolute atomic E-state index is 0.0850. The highest BCUT2D eigenvalue weighted by molar-refractivity contribution is 5.55. The first-order valence-corrected chi connectivity index (χ1v) is 5.25. The Morgan fingerprint density at radius 2 is 1.69 bits per heavy atom. The highest BCUT2D eigenvalue weighted by Crippen LogP contribution is 2.19. The molecule has 0 unspecified atom stereocenters. The second-order valence-electron chi connectivity index (χ2n) is 4.77. The van der Waals surface area contributed by atoms with Gasteiger partial charge in [0.1, 0.15) is 5.82 Å². The highest BCUT2D eigenvalue weighted by atomic mass is 19.1. The lowest BCUT2D eigenvalue weighted by molar-refractivity contribution is -0.905. The van der Waals surface area contributed by atoms with Gasteiger partial charge in [0.15, 0.2) is 0 Å². The van der Waals surface area contributed by atoms with Crippen molar-refractivity contribution in [2.75, 3.05) is 0 Å². The molecule has 1 heterocycles. The van der Waals surface area contributed by atoms with Crippen LogP contribution in [0, 0.1) is 5.82 Å². The second kappa shape index (κ2) is 3.74. The van der Waals surface area contributed by atoms with E-state index in [4.69, 9.17) is 4.52 Å². The molecule has 0 bridgehead atoms. The molecule has 0 N–H and O–H groups in total. The third-order valence-corrected chi connectivity index (χ3v) is 2.35. The lowest BCUT2D eigenvalue weighted by atomic mass is 10.1. The summed E-state index contributed by atoms with van der Waals surface area (Å²) >= 11 is 0. The number of aromatic nitrogens is 1. The minimum atomic E-state index is -0.237. The quantitative estimate of drug-likeness (QED) is 0.675. The van der Waals surface area contributed by atoms with E-state index in [2.05, 4.69) is 20.8 Å². The summed E-state index contributed by atoms with van der Waals surface area (Å²) in [5.41, 5.74) is 0.794. The molecule has 1 aromatic carbocycles. The molecule has 0 atom stereocenters. The Kier molecular flexibility index (Phi) is 2.54. The van der Waals surface area contributed by atoms with Crippen LogP contribution in [-0.2, 0) is 5.54 Å². The molecule has 0 saturated carbocycles. The third-order valence-electron chi connectivity index (χ3n) is 2.35. The van der Waals surface area contributed by atoms with E-state index < -0.39 is 0 Å². The van der Waals surface area contributed by atoms with Crippen molar-refractivity contribution in [3.8, 4) is 11.3 Å². The van der Waals surface area contributed by atoms with Crippen molar-refractivity contribution >= 4 is 0 Å². The standard InChI is InChI=1S/C13H15FNO/c1-13(2,3)15-9-8-12(16-15)10-4-6-11(14)7-5-10/h4-9H,1-3H3/q+1.